The maximum Gasteiger partial charge on any atom is 0.321 e. The van der Waals surface area contributed by atoms with Gasteiger partial charge in [-0.1, -0.05) is 12.2 Å². The van der Waals surface area contributed by atoms with Crippen LogP contribution in [0.2, 0.25) is 0 Å². The summed E-state index contributed by atoms with van der Waals surface area (Å²) in [6.07, 6.45) is 8.30. The van der Waals surface area contributed by atoms with E-state index in [0.29, 0.717) is 5.92 Å². The highest BCUT2D eigenvalue weighted by Crippen LogP contribution is 2.57. The topological polar surface area (TPSA) is 26.3 Å². The summed E-state index contributed by atoms with van der Waals surface area (Å²) in [6, 6.07) is 0. The Kier molecular flexibility index (Phi) is 2.27. The van der Waals surface area contributed by atoms with Crippen LogP contribution in [0.15, 0.2) is 12.2 Å². The van der Waals surface area contributed by atoms with Crippen LogP contribution < -0.4 is 0 Å². The van der Waals surface area contributed by atoms with Crippen molar-refractivity contribution in [2.45, 2.75) is 25.4 Å². The molecule has 0 aliphatic heterocycles. The quantitative estimate of drug-likeness (QED) is 0.411. The number of carbonyl (C=O) groups is 1. The van der Waals surface area contributed by atoms with Crippen LogP contribution in [0, 0.1) is 23.7 Å². The summed E-state index contributed by atoms with van der Waals surface area (Å²) in [6.45, 7) is 0. The van der Waals surface area contributed by atoms with Gasteiger partial charge in [0, 0.05) is 0 Å². The van der Waals surface area contributed by atoms with Crippen molar-refractivity contribution in [2.75, 3.05) is 5.88 Å². The number of esters is 1. The third kappa shape index (κ3) is 1.42. The van der Waals surface area contributed by atoms with E-state index in [1.165, 1.54) is 12.8 Å². The Balaban J connectivity index is 1.69. The predicted molar refractivity (Wildman–Crippen MR) is 57.6 cm³/mol. The van der Waals surface area contributed by atoms with E-state index in [1.54, 1.807) is 0 Å². The molecule has 2 fully saturated rings. The molecule has 15 heavy (non-hydrogen) atoms. The number of fused-ring (bicyclic) bond motifs is 5. The van der Waals surface area contributed by atoms with E-state index in [-0.39, 0.29) is 18.0 Å². The van der Waals surface area contributed by atoms with Gasteiger partial charge >= 0.3 is 5.97 Å². The second-order valence-electron chi connectivity index (χ2n) is 4.96. The molecule has 0 spiro atoms. The molecule has 0 saturated heterocycles. The largest absolute Gasteiger partial charge is 0.461 e. The average Bonchev–Trinajstić information content (AvgIpc) is 2.87. The van der Waals surface area contributed by atoms with Gasteiger partial charge in [-0.2, -0.15) is 0 Å². The molecule has 82 valence electrons. The zero-order valence-corrected chi connectivity index (χ0v) is 9.32. The van der Waals surface area contributed by atoms with Gasteiger partial charge in [-0.25, -0.2) is 0 Å². The molecule has 3 rings (SSSR count). The number of allylic oxidation sites excluding steroid dienone is 2. The molecule has 0 aromatic rings. The lowest BCUT2D eigenvalue weighted by Gasteiger charge is -2.30. The molecule has 0 aromatic carbocycles. The van der Waals surface area contributed by atoms with E-state index in [4.69, 9.17) is 16.3 Å². The summed E-state index contributed by atoms with van der Waals surface area (Å²) in [5.41, 5.74) is 0. The van der Waals surface area contributed by atoms with E-state index >= 15 is 0 Å². The summed E-state index contributed by atoms with van der Waals surface area (Å²) in [7, 11) is 0. The molecule has 0 N–H and O–H groups in total. The fourth-order valence-electron chi connectivity index (χ4n) is 3.83. The minimum atomic E-state index is -0.253. The molecular formula is C12H15ClO2. The lowest BCUT2D eigenvalue weighted by Crippen LogP contribution is -2.32. The number of hydrogen-bond acceptors (Lipinski definition) is 2. The Morgan fingerprint density at radius 1 is 1.40 bits per heavy atom. The SMILES string of the molecule is O=C(CCl)O[C@@H]1C[C@@H]2C[C@H]1[C@H]1CC=C[C@@H]21. The van der Waals surface area contributed by atoms with Gasteiger partial charge in [0.05, 0.1) is 0 Å². The molecule has 2 saturated carbocycles. The highest BCUT2D eigenvalue weighted by Gasteiger charge is 2.53. The lowest BCUT2D eigenvalue weighted by molar-refractivity contribution is -0.149. The first kappa shape index (κ1) is 9.71. The number of halogens is 1. The van der Waals surface area contributed by atoms with Gasteiger partial charge in [0.15, 0.2) is 0 Å². The van der Waals surface area contributed by atoms with Crippen LogP contribution in [0.3, 0.4) is 0 Å². The molecule has 2 bridgehead atoms. The fraction of sp³-hybridized carbons (Fsp3) is 0.750. The lowest BCUT2D eigenvalue weighted by atomic mass is 9.80. The summed E-state index contributed by atoms with van der Waals surface area (Å²) in [4.78, 5) is 11.2. The molecule has 2 nitrogen and oxygen atoms in total. The molecule has 5 atom stereocenters. The van der Waals surface area contributed by atoms with Gasteiger partial charge in [-0.05, 0) is 42.9 Å². The third-order valence-electron chi connectivity index (χ3n) is 4.33. The second kappa shape index (κ2) is 3.51. The standard InChI is InChI=1S/C12H15ClO2/c13-6-12(14)15-11-5-7-4-10(11)9-3-1-2-8(7)9/h1-2,7-11H,3-6H2/t7-,8-,9-,10-,11+/m0/s1. The Morgan fingerprint density at radius 3 is 3.07 bits per heavy atom. The monoisotopic (exact) mass is 226 g/mol. The molecule has 3 heteroatoms. The van der Waals surface area contributed by atoms with E-state index in [1.807, 2.05) is 0 Å². The van der Waals surface area contributed by atoms with Crippen molar-refractivity contribution >= 4 is 17.6 Å². The normalized spacial score (nSPS) is 45.8. The zero-order chi connectivity index (χ0) is 10.4. The maximum atomic E-state index is 11.2. The molecule has 3 aliphatic rings. The molecular weight excluding hydrogens is 212 g/mol. The fourth-order valence-corrected chi connectivity index (χ4v) is 3.89. The first-order valence-corrected chi connectivity index (χ1v) is 6.25. The van der Waals surface area contributed by atoms with Crippen molar-refractivity contribution in [2.24, 2.45) is 23.7 Å². The maximum absolute atomic E-state index is 11.2. The van der Waals surface area contributed by atoms with Crippen LogP contribution in [0.4, 0.5) is 0 Å². The van der Waals surface area contributed by atoms with Gasteiger partial charge in [0.1, 0.15) is 12.0 Å². The molecule has 0 aromatic heterocycles. The number of alkyl halides is 1. The number of ether oxygens (including phenoxy) is 1. The summed E-state index contributed by atoms with van der Waals surface area (Å²) in [5, 5.41) is 0. The van der Waals surface area contributed by atoms with Crippen LogP contribution in [0.25, 0.3) is 0 Å². The van der Waals surface area contributed by atoms with Crippen LogP contribution in [0.5, 0.6) is 0 Å². The van der Waals surface area contributed by atoms with E-state index in [2.05, 4.69) is 12.2 Å². The minimum absolute atomic E-state index is 0.0137. The molecule has 3 aliphatic carbocycles. The van der Waals surface area contributed by atoms with Crippen LogP contribution in [-0.2, 0) is 9.53 Å². The van der Waals surface area contributed by atoms with E-state index in [0.717, 1.165) is 24.2 Å². The Labute approximate surface area is 94.6 Å². The summed E-state index contributed by atoms with van der Waals surface area (Å²) in [5.74, 6) is 2.61. The van der Waals surface area contributed by atoms with Gasteiger partial charge in [-0.15, -0.1) is 11.6 Å². The molecule has 0 radical (unpaired) electrons. The Bertz CT molecular complexity index is 313. The van der Waals surface area contributed by atoms with E-state index < -0.39 is 0 Å². The van der Waals surface area contributed by atoms with Gasteiger partial charge in [0.25, 0.3) is 0 Å². The van der Waals surface area contributed by atoms with Crippen molar-refractivity contribution in [3.8, 4) is 0 Å². The van der Waals surface area contributed by atoms with Gasteiger partial charge in [-0.3, -0.25) is 4.79 Å². The first-order valence-electron chi connectivity index (χ1n) is 5.71. The predicted octanol–water partition coefficient (Wildman–Crippen LogP) is 2.37. The van der Waals surface area contributed by atoms with Crippen molar-refractivity contribution < 1.29 is 9.53 Å². The van der Waals surface area contributed by atoms with Crippen LogP contribution in [0.1, 0.15) is 19.3 Å². The number of carbonyl (C=O) groups excluding carboxylic acids is 1. The van der Waals surface area contributed by atoms with Crippen molar-refractivity contribution in [1.82, 2.24) is 0 Å². The highest BCUT2D eigenvalue weighted by atomic mass is 35.5. The summed E-state index contributed by atoms with van der Waals surface area (Å²) < 4.78 is 5.40. The van der Waals surface area contributed by atoms with Crippen LogP contribution in [-0.4, -0.2) is 18.0 Å². The highest BCUT2D eigenvalue weighted by molar-refractivity contribution is 6.26. The summed E-state index contributed by atoms with van der Waals surface area (Å²) >= 11 is 5.46. The Morgan fingerprint density at radius 2 is 2.27 bits per heavy atom. The van der Waals surface area contributed by atoms with Crippen molar-refractivity contribution in [1.29, 1.82) is 0 Å². The smallest absolute Gasteiger partial charge is 0.321 e. The van der Waals surface area contributed by atoms with Crippen LogP contribution >= 0.6 is 11.6 Å². The minimum Gasteiger partial charge on any atom is -0.461 e. The first-order chi connectivity index (χ1) is 7.29. The van der Waals surface area contributed by atoms with Gasteiger partial charge in [0.2, 0.25) is 0 Å². The van der Waals surface area contributed by atoms with E-state index in [9.17, 15) is 4.79 Å². The molecule has 0 amide bonds. The molecule has 0 heterocycles. The number of hydrogen-bond donors (Lipinski definition) is 0. The Hall–Kier alpha value is -0.500. The number of rotatable bonds is 2. The van der Waals surface area contributed by atoms with Crippen molar-refractivity contribution in [3.63, 3.8) is 0 Å². The van der Waals surface area contributed by atoms with Gasteiger partial charge < -0.3 is 4.74 Å². The zero-order valence-electron chi connectivity index (χ0n) is 8.56. The average molecular weight is 227 g/mol. The third-order valence-corrected chi connectivity index (χ3v) is 4.55. The molecule has 0 unspecified atom stereocenters. The second-order valence-corrected chi connectivity index (χ2v) is 5.23. The van der Waals surface area contributed by atoms with Crippen molar-refractivity contribution in [3.05, 3.63) is 12.2 Å².